The average Bonchev–Trinajstić information content (AvgIpc) is 2.88. The van der Waals surface area contributed by atoms with E-state index in [1.807, 2.05) is 12.1 Å². The highest BCUT2D eigenvalue weighted by Gasteiger charge is 2.19. The Morgan fingerprint density at radius 1 is 1.18 bits per heavy atom. The van der Waals surface area contributed by atoms with Gasteiger partial charge < -0.3 is 10.1 Å². The molecule has 0 bridgehead atoms. The van der Waals surface area contributed by atoms with Crippen LogP contribution in [0.4, 0.5) is 5.69 Å². The van der Waals surface area contributed by atoms with Crippen LogP contribution in [0.5, 0.6) is 0 Å². The third kappa shape index (κ3) is 3.48. The number of sulfonamides is 1. The number of aromatic carboxylic acids is 1. The monoisotopic (exact) mass is 322 g/mol. The van der Waals surface area contributed by atoms with Gasteiger partial charge in [-0.25, -0.2) is 13.2 Å². The zero-order valence-corrected chi connectivity index (χ0v) is 13.4. The second kappa shape index (κ2) is 5.49. The molecule has 22 heavy (non-hydrogen) atoms. The number of benzene rings is 1. The number of carbonyl (C=O) groups is 1. The molecular formula is C15H18N2O4S. The number of carboxylic acids is 1. The van der Waals surface area contributed by atoms with Gasteiger partial charge in [-0.1, -0.05) is 32.9 Å². The van der Waals surface area contributed by atoms with E-state index in [0.29, 0.717) is 5.69 Å². The van der Waals surface area contributed by atoms with Gasteiger partial charge in [0.15, 0.2) is 0 Å². The zero-order valence-electron chi connectivity index (χ0n) is 12.5. The third-order valence-electron chi connectivity index (χ3n) is 3.20. The topological polar surface area (TPSA) is 99.3 Å². The van der Waals surface area contributed by atoms with Crippen molar-refractivity contribution < 1.29 is 18.3 Å². The van der Waals surface area contributed by atoms with Gasteiger partial charge in [0.1, 0.15) is 10.6 Å². The lowest BCUT2D eigenvalue weighted by molar-refractivity contribution is 0.0691. The Bertz CT molecular complexity index is 784. The Morgan fingerprint density at radius 3 is 2.23 bits per heavy atom. The molecule has 0 aliphatic rings. The first-order chi connectivity index (χ1) is 10.1. The van der Waals surface area contributed by atoms with E-state index in [-0.39, 0.29) is 16.0 Å². The van der Waals surface area contributed by atoms with Gasteiger partial charge in [0.05, 0.1) is 0 Å². The molecule has 0 aliphatic carbocycles. The standard InChI is InChI=1S/C15H18N2O4S/c1-15(2,3)10-4-6-11(7-5-10)17-22(20,21)12-8-13(14(18)19)16-9-12/h4-9,16-17H,1-3H3,(H,18,19). The van der Waals surface area contributed by atoms with Crippen molar-refractivity contribution in [3.8, 4) is 0 Å². The Kier molecular flexibility index (Phi) is 4.02. The number of aromatic nitrogens is 1. The minimum absolute atomic E-state index is 0.0194. The fourth-order valence-corrected chi connectivity index (χ4v) is 2.96. The van der Waals surface area contributed by atoms with E-state index in [0.717, 1.165) is 17.8 Å². The quantitative estimate of drug-likeness (QED) is 0.806. The van der Waals surface area contributed by atoms with E-state index in [9.17, 15) is 13.2 Å². The second-order valence-corrected chi connectivity index (χ2v) is 7.67. The molecule has 1 heterocycles. The number of nitrogens with one attached hydrogen (secondary N) is 2. The largest absolute Gasteiger partial charge is 0.477 e. The van der Waals surface area contributed by atoms with E-state index < -0.39 is 16.0 Å². The lowest BCUT2D eigenvalue weighted by Gasteiger charge is -2.19. The highest BCUT2D eigenvalue weighted by molar-refractivity contribution is 7.92. The van der Waals surface area contributed by atoms with Crippen LogP contribution in [0.25, 0.3) is 0 Å². The molecule has 3 N–H and O–H groups in total. The van der Waals surface area contributed by atoms with Crippen LogP contribution in [0.2, 0.25) is 0 Å². The van der Waals surface area contributed by atoms with Crippen LogP contribution in [-0.4, -0.2) is 24.5 Å². The molecule has 118 valence electrons. The third-order valence-corrected chi connectivity index (χ3v) is 4.56. The van der Waals surface area contributed by atoms with E-state index in [1.54, 1.807) is 12.1 Å². The van der Waals surface area contributed by atoms with Crippen LogP contribution in [-0.2, 0) is 15.4 Å². The van der Waals surface area contributed by atoms with Gasteiger partial charge in [0.2, 0.25) is 0 Å². The number of hydrogen-bond donors (Lipinski definition) is 3. The number of H-pyrrole nitrogens is 1. The average molecular weight is 322 g/mol. The first-order valence-electron chi connectivity index (χ1n) is 6.65. The van der Waals surface area contributed by atoms with Crippen LogP contribution in [0, 0.1) is 0 Å². The Hall–Kier alpha value is -2.28. The number of rotatable bonds is 4. The first kappa shape index (κ1) is 16.1. The summed E-state index contributed by atoms with van der Waals surface area (Å²) < 4.78 is 26.8. The molecule has 0 saturated heterocycles. The van der Waals surface area contributed by atoms with Crippen molar-refractivity contribution in [2.24, 2.45) is 0 Å². The van der Waals surface area contributed by atoms with Crippen LogP contribution in [0.15, 0.2) is 41.4 Å². The number of hydrogen-bond acceptors (Lipinski definition) is 3. The number of anilines is 1. The molecule has 0 fully saturated rings. The number of aromatic amines is 1. The lowest BCUT2D eigenvalue weighted by Crippen LogP contribution is -2.13. The molecule has 1 aromatic heterocycles. The summed E-state index contributed by atoms with van der Waals surface area (Å²) in [6, 6.07) is 8.16. The molecule has 0 unspecified atom stereocenters. The van der Waals surface area contributed by atoms with Gasteiger partial charge in [-0.2, -0.15) is 0 Å². The first-order valence-corrected chi connectivity index (χ1v) is 8.13. The normalized spacial score (nSPS) is 12.1. The minimum atomic E-state index is -3.82. The maximum absolute atomic E-state index is 12.2. The molecule has 0 aliphatic heterocycles. The highest BCUT2D eigenvalue weighted by atomic mass is 32.2. The van der Waals surface area contributed by atoms with Crippen LogP contribution < -0.4 is 4.72 Å². The molecule has 7 heteroatoms. The Morgan fingerprint density at radius 2 is 1.77 bits per heavy atom. The fourth-order valence-electron chi connectivity index (χ4n) is 1.91. The van der Waals surface area contributed by atoms with Crippen molar-refractivity contribution in [1.29, 1.82) is 0 Å². The number of carboxylic acid groups (broad SMARTS) is 1. The summed E-state index contributed by atoms with van der Waals surface area (Å²) in [7, 11) is -3.82. The summed E-state index contributed by atoms with van der Waals surface area (Å²) in [4.78, 5) is 13.1. The van der Waals surface area contributed by atoms with Crippen molar-refractivity contribution in [2.75, 3.05) is 4.72 Å². The molecule has 0 amide bonds. The molecular weight excluding hydrogens is 304 g/mol. The lowest BCUT2D eigenvalue weighted by atomic mass is 9.87. The van der Waals surface area contributed by atoms with Crippen LogP contribution in [0.1, 0.15) is 36.8 Å². The van der Waals surface area contributed by atoms with Crippen molar-refractivity contribution in [2.45, 2.75) is 31.1 Å². The summed E-state index contributed by atoms with van der Waals surface area (Å²) in [5.41, 5.74) is 1.31. The maximum atomic E-state index is 12.2. The van der Waals surface area contributed by atoms with Crippen molar-refractivity contribution in [3.05, 3.63) is 47.8 Å². The summed E-state index contributed by atoms with van der Waals surface area (Å²) in [6.45, 7) is 6.21. The van der Waals surface area contributed by atoms with Crippen molar-refractivity contribution >= 4 is 21.7 Å². The van der Waals surface area contributed by atoms with E-state index in [4.69, 9.17) is 5.11 Å². The molecule has 0 atom stereocenters. The van der Waals surface area contributed by atoms with Crippen molar-refractivity contribution in [3.63, 3.8) is 0 Å². The molecule has 1 aromatic carbocycles. The maximum Gasteiger partial charge on any atom is 0.352 e. The fraction of sp³-hybridized carbons (Fsp3) is 0.267. The molecule has 0 spiro atoms. The van der Waals surface area contributed by atoms with Crippen molar-refractivity contribution in [1.82, 2.24) is 4.98 Å². The minimum Gasteiger partial charge on any atom is -0.477 e. The Balaban J connectivity index is 2.23. The van der Waals surface area contributed by atoms with E-state index in [2.05, 4.69) is 30.5 Å². The summed E-state index contributed by atoms with van der Waals surface area (Å²) in [5, 5.41) is 8.81. The Labute approximate surface area is 129 Å². The van der Waals surface area contributed by atoms with Gasteiger partial charge in [-0.05, 0) is 29.2 Å². The molecule has 2 rings (SSSR count). The van der Waals surface area contributed by atoms with Gasteiger partial charge in [-0.3, -0.25) is 4.72 Å². The van der Waals surface area contributed by atoms with Gasteiger partial charge in [0.25, 0.3) is 10.0 Å². The predicted molar refractivity (Wildman–Crippen MR) is 83.7 cm³/mol. The van der Waals surface area contributed by atoms with E-state index >= 15 is 0 Å². The summed E-state index contributed by atoms with van der Waals surface area (Å²) in [5.74, 6) is -1.21. The second-order valence-electron chi connectivity index (χ2n) is 5.99. The molecule has 0 radical (unpaired) electrons. The molecule has 0 saturated carbocycles. The van der Waals surface area contributed by atoms with Crippen LogP contribution >= 0.6 is 0 Å². The summed E-state index contributed by atoms with van der Waals surface area (Å²) in [6.07, 6.45) is 1.15. The molecule has 2 aromatic rings. The van der Waals surface area contributed by atoms with E-state index in [1.165, 1.54) is 0 Å². The predicted octanol–water partition coefficient (Wildman–Crippen LogP) is 2.81. The van der Waals surface area contributed by atoms with Gasteiger partial charge in [0, 0.05) is 11.9 Å². The smallest absolute Gasteiger partial charge is 0.352 e. The van der Waals surface area contributed by atoms with Crippen LogP contribution in [0.3, 0.4) is 0 Å². The van der Waals surface area contributed by atoms with Gasteiger partial charge in [-0.15, -0.1) is 0 Å². The zero-order chi connectivity index (χ0) is 16.5. The summed E-state index contributed by atoms with van der Waals surface area (Å²) >= 11 is 0. The molecule has 6 nitrogen and oxygen atoms in total. The van der Waals surface area contributed by atoms with Gasteiger partial charge >= 0.3 is 5.97 Å². The highest BCUT2D eigenvalue weighted by Crippen LogP contribution is 2.24. The SMILES string of the molecule is CC(C)(C)c1ccc(NS(=O)(=O)c2c[nH]c(C(=O)O)c2)cc1.